The first-order valence-electron chi connectivity index (χ1n) is 7.47. The molecule has 1 aromatic carbocycles. The van der Waals surface area contributed by atoms with E-state index in [0.717, 1.165) is 36.9 Å². The zero-order valence-corrected chi connectivity index (χ0v) is 12.6. The van der Waals surface area contributed by atoms with Crippen molar-refractivity contribution in [1.82, 2.24) is 5.32 Å². The summed E-state index contributed by atoms with van der Waals surface area (Å²) in [6.07, 6.45) is 3.64. The van der Waals surface area contributed by atoms with E-state index >= 15 is 0 Å². The Morgan fingerprint density at radius 2 is 2.19 bits per heavy atom. The summed E-state index contributed by atoms with van der Waals surface area (Å²) in [6, 6.07) is 5.02. The van der Waals surface area contributed by atoms with Crippen LogP contribution in [0.5, 0.6) is 0 Å². The third kappa shape index (κ3) is 3.54. The number of rotatable bonds is 4. The van der Waals surface area contributed by atoms with Crippen molar-refractivity contribution >= 4 is 17.7 Å². The number of carboxylic acids is 1. The van der Waals surface area contributed by atoms with Gasteiger partial charge in [-0.25, -0.2) is 9.59 Å². The van der Waals surface area contributed by atoms with Crippen LogP contribution in [0.2, 0.25) is 0 Å². The molecule has 5 heteroatoms. The van der Waals surface area contributed by atoms with Crippen molar-refractivity contribution in [2.45, 2.75) is 45.6 Å². The van der Waals surface area contributed by atoms with E-state index in [1.807, 2.05) is 6.92 Å². The number of nitrogens with one attached hydrogen (secondary N) is 1. The van der Waals surface area contributed by atoms with Gasteiger partial charge in [-0.1, -0.05) is 13.3 Å². The third-order valence-electron chi connectivity index (χ3n) is 3.78. The van der Waals surface area contributed by atoms with Crippen molar-refractivity contribution in [3.8, 4) is 0 Å². The summed E-state index contributed by atoms with van der Waals surface area (Å²) in [4.78, 5) is 25.1. The number of benzene rings is 1. The number of aryl methyl sites for hydroxylation is 1. The molecular weight excluding hydrogens is 268 g/mol. The predicted molar refractivity (Wildman–Crippen MR) is 82.0 cm³/mol. The van der Waals surface area contributed by atoms with E-state index in [0.29, 0.717) is 6.54 Å². The molecule has 0 bridgehead atoms. The SMILES string of the molecule is CCCC(C)NC(=O)N1CCCc2cc(C(=O)O)ccc21. The third-order valence-corrected chi connectivity index (χ3v) is 3.78. The van der Waals surface area contributed by atoms with Crippen molar-refractivity contribution in [2.75, 3.05) is 11.4 Å². The van der Waals surface area contributed by atoms with Crippen molar-refractivity contribution in [2.24, 2.45) is 0 Å². The number of amides is 2. The van der Waals surface area contributed by atoms with Gasteiger partial charge in [-0.2, -0.15) is 0 Å². The van der Waals surface area contributed by atoms with E-state index in [1.165, 1.54) is 0 Å². The van der Waals surface area contributed by atoms with Crippen LogP contribution in [0.3, 0.4) is 0 Å². The molecule has 1 unspecified atom stereocenters. The van der Waals surface area contributed by atoms with Gasteiger partial charge >= 0.3 is 12.0 Å². The first-order valence-corrected chi connectivity index (χ1v) is 7.47. The molecule has 0 saturated carbocycles. The summed E-state index contributed by atoms with van der Waals surface area (Å²) in [5.41, 5.74) is 2.03. The zero-order chi connectivity index (χ0) is 15.4. The highest BCUT2D eigenvalue weighted by atomic mass is 16.4. The van der Waals surface area contributed by atoms with Gasteiger partial charge in [0.25, 0.3) is 0 Å². The Labute approximate surface area is 125 Å². The Bertz CT molecular complexity index is 542. The maximum absolute atomic E-state index is 12.4. The van der Waals surface area contributed by atoms with Crippen LogP contribution < -0.4 is 10.2 Å². The number of nitrogens with zero attached hydrogens (tertiary/aromatic N) is 1. The second kappa shape index (κ2) is 6.61. The molecule has 0 aromatic heterocycles. The number of hydrogen-bond donors (Lipinski definition) is 2. The Balaban J connectivity index is 2.18. The summed E-state index contributed by atoms with van der Waals surface area (Å²) in [5, 5.41) is 12.0. The molecule has 0 radical (unpaired) electrons. The van der Waals surface area contributed by atoms with Crippen LogP contribution in [-0.2, 0) is 6.42 Å². The smallest absolute Gasteiger partial charge is 0.335 e. The number of hydrogen-bond acceptors (Lipinski definition) is 2. The van der Waals surface area contributed by atoms with Gasteiger partial charge in [0, 0.05) is 18.3 Å². The molecule has 1 aromatic rings. The van der Waals surface area contributed by atoms with Gasteiger partial charge < -0.3 is 10.4 Å². The van der Waals surface area contributed by atoms with Crippen LogP contribution in [0.25, 0.3) is 0 Å². The van der Waals surface area contributed by atoms with Gasteiger partial charge in [0.15, 0.2) is 0 Å². The maximum Gasteiger partial charge on any atom is 0.335 e. The van der Waals surface area contributed by atoms with Gasteiger partial charge in [0.05, 0.1) is 5.56 Å². The fraction of sp³-hybridized carbons (Fsp3) is 0.500. The lowest BCUT2D eigenvalue weighted by Crippen LogP contribution is -2.46. The molecular formula is C16H22N2O3. The normalized spacial score (nSPS) is 15.2. The Kier molecular flexibility index (Phi) is 4.83. The van der Waals surface area contributed by atoms with Gasteiger partial charge in [-0.15, -0.1) is 0 Å². The second-order valence-electron chi connectivity index (χ2n) is 5.54. The van der Waals surface area contributed by atoms with E-state index in [4.69, 9.17) is 5.11 Å². The standard InChI is InChI=1S/C16H22N2O3/c1-3-5-11(2)17-16(21)18-9-4-6-12-10-13(15(19)20)7-8-14(12)18/h7-8,10-11H,3-6,9H2,1-2H3,(H,17,21)(H,19,20). The topological polar surface area (TPSA) is 69.6 Å². The Hall–Kier alpha value is -2.04. The molecule has 1 aliphatic rings. The number of urea groups is 1. The molecule has 0 aliphatic carbocycles. The molecule has 1 heterocycles. The number of carbonyl (C=O) groups is 2. The Morgan fingerprint density at radius 3 is 2.86 bits per heavy atom. The fourth-order valence-corrected chi connectivity index (χ4v) is 2.74. The van der Waals surface area contributed by atoms with Crippen LogP contribution in [0.1, 0.15) is 49.0 Å². The lowest BCUT2D eigenvalue weighted by Gasteiger charge is -2.31. The molecule has 0 spiro atoms. The van der Waals surface area contributed by atoms with Gasteiger partial charge in [0.1, 0.15) is 0 Å². The summed E-state index contributed by atoms with van der Waals surface area (Å²) in [5.74, 6) is -0.934. The quantitative estimate of drug-likeness (QED) is 0.895. The van der Waals surface area contributed by atoms with Gasteiger partial charge in [-0.05, 0) is 49.9 Å². The molecule has 21 heavy (non-hydrogen) atoms. The molecule has 2 N–H and O–H groups in total. The monoisotopic (exact) mass is 290 g/mol. The van der Waals surface area contributed by atoms with Crippen LogP contribution in [0, 0.1) is 0 Å². The minimum Gasteiger partial charge on any atom is -0.478 e. The largest absolute Gasteiger partial charge is 0.478 e. The van der Waals surface area contributed by atoms with Crippen molar-refractivity contribution in [1.29, 1.82) is 0 Å². The van der Waals surface area contributed by atoms with Gasteiger partial charge in [0.2, 0.25) is 0 Å². The van der Waals surface area contributed by atoms with E-state index in [-0.39, 0.29) is 17.6 Å². The summed E-state index contributed by atoms with van der Waals surface area (Å²) in [6.45, 7) is 4.76. The molecule has 114 valence electrons. The highest BCUT2D eigenvalue weighted by Gasteiger charge is 2.24. The minimum absolute atomic E-state index is 0.0972. The molecule has 1 aliphatic heterocycles. The number of carboxylic acid groups (broad SMARTS) is 1. The number of fused-ring (bicyclic) bond motifs is 1. The minimum atomic E-state index is -0.934. The lowest BCUT2D eigenvalue weighted by molar-refractivity contribution is 0.0696. The molecule has 5 nitrogen and oxygen atoms in total. The second-order valence-corrected chi connectivity index (χ2v) is 5.54. The number of anilines is 1. The van der Waals surface area contributed by atoms with Crippen LogP contribution in [0.4, 0.5) is 10.5 Å². The first kappa shape index (κ1) is 15.4. The van der Waals surface area contributed by atoms with Crippen LogP contribution in [-0.4, -0.2) is 29.7 Å². The number of carbonyl (C=O) groups excluding carboxylic acids is 1. The van der Waals surface area contributed by atoms with Crippen molar-refractivity contribution in [3.63, 3.8) is 0 Å². The molecule has 0 fully saturated rings. The highest BCUT2D eigenvalue weighted by molar-refractivity contribution is 5.95. The number of aromatic carboxylic acids is 1. The zero-order valence-electron chi connectivity index (χ0n) is 12.6. The summed E-state index contributed by atoms with van der Waals surface area (Å²) < 4.78 is 0. The van der Waals surface area contributed by atoms with E-state index < -0.39 is 5.97 Å². The molecule has 2 rings (SSSR count). The Morgan fingerprint density at radius 1 is 1.43 bits per heavy atom. The van der Waals surface area contributed by atoms with E-state index in [1.54, 1.807) is 23.1 Å². The molecule has 2 amide bonds. The van der Waals surface area contributed by atoms with E-state index in [9.17, 15) is 9.59 Å². The highest BCUT2D eigenvalue weighted by Crippen LogP contribution is 2.28. The van der Waals surface area contributed by atoms with Crippen molar-refractivity contribution < 1.29 is 14.7 Å². The summed E-state index contributed by atoms with van der Waals surface area (Å²) >= 11 is 0. The van der Waals surface area contributed by atoms with Crippen molar-refractivity contribution in [3.05, 3.63) is 29.3 Å². The van der Waals surface area contributed by atoms with E-state index in [2.05, 4.69) is 12.2 Å². The molecule has 1 atom stereocenters. The maximum atomic E-state index is 12.4. The van der Waals surface area contributed by atoms with Crippen LogP contribution >= 0.6 is 0 Å². The first-order chi connectivity index (χ1) is 10.0. The molecule has 0 saturated heterocycles. The predicted octanol–water partition coefficient (Wildman–Crippen LogP) is 3.04. The average molecular weight is 290 g/mol. The van der Waals surface area contributed by atoms with Gasteiger partial charge in [-0.3, -0.25) is 4.90 Å². The summed E-state index contributed by atoms with van der Waals surface area (Å²) in [7, 11) is 0. The van der Waals surface area contributed by atoms with Crippen LogP contribution in [0.15, 0.2) is 18.2 Å². The average Bonchev–Trinajstić information content (AvgIpc) is 2.46. The fourth-order valence-electron chi connectivity index (χ4n) is 2.74. The lowest BCUT2D eigenvalue weighted by atomic mass is 9.99.